The van der Waals surface area contributed by atoms with Crippen molar-refractivity contribution >= 4 is 10.8 Å². The highest BCUT2D eigenvalue weighted by Gasteiger charge is 2.30. The van der Waals surface area contributed by atoms with Crippen molar-refractivity contribution in [2.45, 2.75) is 50.8 Å². The van der Waals surface area contributed by atoms with Crippen LogP contribution in [-0.4, -0.2) is 15.2 Å². The molecule has 0 radical (unpaired) electrons. The summed E-state index contributed by atoms with van der Waals surface area (Å²) in [7, 11) is -0.833. The van der Waals surface area contributed by atoms with Crippen molar-refractivity contribution < 1.29 is 4.21 Å². The monoisotopic (exact) mass is 293 g/mol. The molecule has 1 fully saturated rings. The third-order valence-electron chi connectivity index (χ3n) is 4.37. The number of benzene rings is 1. The van der Waals surface area contributed by atoms with E-state index in [2.05, 4.69) is 13.8 Å². The van der Waals surface area contributed by atoms with Gasteiger partial charge in [0.2, 0.25) is 0 Å². The number of rotatable bonds is 6. The summed E-state index contributed by atoms with van der Waals surface area (Å²) in [6.07, 6.45) is 5.10. The highest BCUT2D eigenvalue weighted by Crippen LogP contribution is 2.30. The minimum atomic E-state index is -0.833. The summed E-state index contributed by atoms with van der Waals surface area (Å²) in [5.74, 6) is 1.83. The molecule has 1 aromatic rings. The van der Waals surface area contributed by atoms with E-state index in [1.165, 1.54) is 25.7 Å². The molecule has 1 aliphatic rings. The van der Waals surface area contributed by atoms with Crippen molar-refractivity contribution in [3.63, 3.8) is 0 Å². The van der Waals surface area contributed by atoms with Gasteiger partial charge in [0.15, 0.2) is 0 Å². The molecule has 1 saturated carbocycles. The Bertz CT molecular complexity index is 426. The Labute approximate surface area is 125 Å². The maximum atomic E-state index is 12.8. The van der Waals surface area contributed by atoms with Crippen LogP contribution in [0.3, 0.4) is 0 Å². The fourth-order valence-electron chi connectivity index (χ4n) is 3.27. The number of hydrogen-bond acceptors (Lipinski definition) is 2. The Hall–Kier alpha value is -0.670. The molecular formula is C17H27NOS. The minimum absolute atomic E-state index is 0.0537. The Kier molecular flexibility index (Phi) is 5.79. The van der Waals surface area contributed by atoms with E-state index in [-0.39, 0.29) is 11.3 Å². The zero-order chi connectivity index (χ0) is 14.5. The summed E-state index contributed by atoms with van der Waals surface area (Å²) in [6, 6.07) is 9.98. The van der Waals surface area contributed by atoms with E-state index >= 15 is 0 Å². The molecule has 0 heterocycles. The van der Waals surface area contributed by atoms with Gasteiger partial charge in [0.05, 0.1) is 5.25 Å². The van der Waals surface area contributed by atoms with Crippen LogP contribution in [0.2, 0.25) is 0 Å². The van der Waals surface area contributed by atoms with Crippen LogP contribution in [0, 0.1) is 11.8 Å². The van der Waals surface area contributed by atoms with Gasteiger partial charge < -0.3 is 5.73 Å². The summed E-state index contributed by atoms with van der Waals surface area (Å²) in [4.78, 5) is 0. The Morgan fingerprint density at radius 3 is 2.35 bits per heavy atom. The Balaban J connectivity index is 2.07. The molecule has 0 aromatic heterocycles. The average Bonchev–Trinajstić information content (AvgIpc) is 2.92. The first-order chi connectivity index (χ1) is 9.59. The van der Waals surface area contributed by atoms with Gasteiger partial charge in [-0.25, -0.2) is 0 Å². The van der Waals surface area contributed by atoms with Crippen LogP contribution in [0.5, 0.6) is 0 Å². The summed E-state index contributed by atoms with van der Waals surface area (Å²) < 4.78 is 12.8. The standard InChI is InChI=1S/C17H27NOS/c1-13(2)17(16(18)15-10-4-3-5-11-15)20(19)12-14-8-6-7-9-14/h3-5,10-11,13-14,16-17H,6-9,12,18H2,1-2H3. The average molecular weight is 293 g/mol. The normalized spacial score (nSPS) is 21.0. The molecular weight excluding hydrogens is 266 g/mol. The van der Waals surface area contributed by atoms with Gasteiger partial charge >= 0.3 is 0 Å². The van der Waals surface area contributed by atoms with E-state index in [1.807, 2.05) is 30.3 Å². The molecule has 1 aromatic carbocycles. The van der Waals surface area contributed by atoms with Gasteiger partial charge in [0.25, 0.3) is 0 Å². The van der Waals surface area contributed by atoms with Crippen molar-refractivity contribution in [3.05, 3.63) is 35.9 Å². The van der Waals surface area contributed by atoms with Crippen LogP contribution < -0.4 is 5.73 Å². The summed E-state index contributed by atoms with van der Waals surface area (Å²) >= 11 is 0. The fourth-order valence-corrected chi connectivity index (χ4v) is 5.38. The molecule has 0 bridgehead atoms. The topological polar surface area (TPSA) is 43.1 Å². The van der Waals surface area contributed by atoms with Gasteiger partial charge in [-0.3, -0.25) is 4.21 Å². The largest absolute Gasteiger partial charge is 0.323 e. The first-order valence-corrected chi connectivity index (χ1v) is 9.15. The van der Waals surface area contributed by atoms with E-state index in [0.717, 1.165) is 11.3 Å². The van der Waals surface area contributed by atoms with Crippen LogP contribution in [-0.2, 0) is 10.8 Å². The van der Waals surface area contributed by atoms with Gasteiger partial charge in [0, 0.05) is 22.6 Å². The lowest BCUT2D eigenvalue weighted by Gasteiger charge is -2.28. The second-order valence-electron chi connectivity index (χ2n) is 6.34. The van der Waals surface area contributed by atoms with Gasteiger partial charge in [0.1, 0.15) is 0 Å². The van der Waals surface area contributed by atoms with Gasteiger partial charge in [-0.1, -0.05) is 57.0 Å². The Morgan fingerprint density at radius 2 is 1.80 bits per heavy atom. The third kappa shape index (κ3) is 3.92. The molecule has 20 heavy (non-hydrogen) atoms. The van der Waals surface area contributed by atoms with E-state index < -0.39 is 10.8 Å². The van der Waals surface area contributed by atoms with E-state index in [1.54, 1.807) is 0 Å². The van der Waals surface area contributed by atoms with E-state index in [0.29, 0.717) is 11.8 Å². The predicted octanol–water partition coefficient (Wildman–Crippen LogP) is 3.65. The fraction of sp³-hybridized carbons (Fsp3) is 0.647. The van der Waals surface area contributed by atoms with E-state index in [4.69, 9.17) is 5.73 Å². The SMILES string of the molecule is CC(C)C(C(N)c1ccccc1)S(=O)CC1CCCC1. The van der Waals surface area contributed by atoms with Gasteiger partial charge in [-0.15, -0.1) is 0 Å². The van der Waals surface area contributed by atoms with Crippen molar-refractivity contribution in [3.8, 4) is 0 Å². The molecule has 0 aliphatic heterocycles. The summed E-state index contributed by atoms with van der Waals surface area (Å²) in [5, 5.41) is 0.0537. The molecule has 0 saturated heterocycles. The molecule has 3 heteroatoms. The Morgan fingerprint density at radius 1 is 1.20 bits per heavy atom. The van der Waals surface area contributed by atoms with Gasteiger partial charge in [-0.05, 0) is 30.2 Å². The van der Waals surface area contributed by atoms with E-state index in [9.17, 15) is 4.21 Å². The highest BCUT2D eigenvalue weighted by atomic mass is 32.2. The molecule has 0 amide bonds. The maximum absolute atomic E-state index is 12.8. The van der Waals surface area contributed by atoms with Gasteiger partial charge in [-0.2, -0.15) is 0 Å². The molecule has 3 unspecified atom stereocenters. The van der Waals surface area contributed by atoms with Crippen LogP contribution in [0.15, 0.2) is 30.3 Å². The molecule has 2 N–H and O–H groups in total. The quantitative estimate of drug-likeness (QED) is 0.870. The molecule has 0 spiro atoms. The van der Waals surface area contributed by atoms with Crippen molar-refractivity contribution in [1.29, 1.82) is 0 Å². The van der Waals surface area contributed by atoms with Crippen LogP contribution in [0.1, 0.15) is 51.1 Å². The first kappa shape index (κ1) is 15.7. The number of hydrogen-bond donors (Lipinski definition) is 1. The minimum Gasteiger partial charge on any atom is -0.323 e. The smallest absolute Gasteiger partial charge is 0.0563 e. The van der Waals surface area contributed by atoms with Crippen molar-refractivity contribution in [1.82, 2.24) is 0 Å². The number of nitrogens with two attached hydrogens (primary N) is 1. The van der Waals surface area contributed by atoms with Crippen LogP contribution in [0.4, 0.5) is 0 Å². The summed E-state index contributed by atoms with van der Waals surface area (Å²) in [6.45, 7) is 4.28. The third-order valence-corrected chi connectivity index (χ3v) is 6.62. The van der Waals surface area contributed by atoms with Crippen LogP contribution in [0.25, 0.3) is 0 Å². The molecule has 2 nitrogen and oxygen atoms in total. The molecule has 3 atom stereocenters. The summed E-state index contributed by atoms with van der Waals surface area (Å²) in [5.41, 5.74) is 7.53. The van der Waals surface area contributed by atoms with Crippen molar-refractivity contribution in [2.75, 3.05) is 5.75 Å². The lowest BCUT2D eigenvalue weighted by atomic mass is 9.97. The van der Waals surface area contributed by atoms with Crippen molar-refractivity contribution in [2.24, 2.45) is 17.6 Å². The zero-order valence-corrected chi connectivity index (χ0v) is 13.4. The molecule has 112 valence electrons. The second kappa shape index (κ2) is 7.37. The predicted molar refractivity (Wildman–Crippen MR) is 87.0 cm³/mol. The second-order valence-corrected chi connectivity index (χ2v) is 7.98. The first-order valence-electron chi connectivity index (χ1n) is 7.77. The maximum Gasteiger partial charge on any atom is 0.0563 e. The van der Waals surface area contributed by atoms with Crippen LogP contribution >= 0.6 is 0 Å². The molecule has 2 rings (SSSR count). The lowest BCUT2D eigenvalue weighted by molar-refractivity contribution is 0.503. The highest BCUT2D eigenvalue weighted by molar-refractivity contribution is 7.85. The zero-order valence-electron chi connectivity index (χ0n) is 12.6. The molecule has 1 aliphatic carbocycles. The lowest BCUT2D eigenvalue weighted by Crippen LogP contribution is -2.36.